The lowest BCUT2D eigenvalue weighted by atomic mass is 9.75. The van der Waals surface area contributed by atoms with E-state index in [9.17, 15) is 0 Å². The monoisotopic (exact) mass is 305 g/mol. The average molecular weight is 306 g/mol. The number of halogens is 1. The van der Waals surface area contributed by atoms with Gasteiger partial charge in [0.15, 0.2) is 0 Å². The smallest absolute Gasteiger partial charge is 0.137 e. The second-order valence-electron chi connectivity index (χ2n) is 7.13. The van der Waals surface area contributed by atoms with Crippen molar-refractivity contribution >= 4 is 17.4 Å². The van der Waals surface area contributed by atoms with Gasteiger partial charge in [-0.15, -0.1) is 0 Å². The minimum atomic E-state index is 0.564. The largest absolute Gasteiger partial charge is 0.356 e. The quantitative estimate of drug-likeness (QED) is 0.761. The highest BCUT2D eigenvalue weighted by Gasteiger charge is 2.34. The third kappa shape index (κ3) is 2.65. The Hall–Kier alpha value is -0.830. The highest BCUT2D eigenvalue weighted by Crippen LogP contribution is 2.41. The standard InChI is InChI=1S/C17H24ClN3/c1-11-15(18)19-16(13-6-7-13)20-17(11)21-9-8-12-4-2-3-5-14(12)10-21/h12-14H,2-10H2,1H3. The van der Waals surface area contributed by atoms with Crippen LogP contribution in [-0.2, 0) is 0 Å². The molecule has 4 heteroatoms. The molecule has 2 heterocycles. The highest BCUT2D eigenvalue weighted by molar-refractivity contribution is 6.30. The molecule has 1 aromatic heterocycles. The van der Waals surface area contributed by atoms with Crippen LogP contribution < -0.4 is 4.90 Å². The number of hydrogen-bond acceptors (Lipinski definition) is 3. The second-order valence-corrected chi connectivity index (χ2v) is 7.49. The summed E-state index contributed by atoms with van der Waals surface area (Å²) in [6.07, 6.45) is 9.46. The summed E-state index contributed by atoms with van der Waals surface area (Å²) >= 11 is 6.37. The normalized spacial score (nSPS) is 29.3. The van der Waals surface area contributed by atoms with Crippen LogP contribution in [0.5, 0.6) is 0 Å². The van der Waals surface area contributed by atoms with E-state index in [2.05, 4.69) is 16.8 Å². The minimum Gasteiger partial charge on any atom is -0.356 e. The fourth-order valence-corrected chi connectivity index (χ4v) is 4.29. The van der Waals surface area contributed by atoms with Gasteiger partial charge >= 0.3 is 0 Å². The van der Waals surface area contributed by atoms with E-state index >= 15 is 0 Å². The number of rotatable bonds is 2. The summed E-state index contributed by atoms with van der Waals surface area (Å²) in [6, 6.07) is 0. The molecule has 3 aliphatic rings. The van der Waals surface area contributed by atoms with Crippen molar-refractivity contribution in [3.8, 4) is 0 Å². The van der Waals surface area contributed by atoms with Crippen LogP contribution in [-0.4, -0.2) is 23.1 Å². The highest BCUT2D eigenvalue weighted by atomic mass is 35.5. The van der Waals surface area contributed by atoms with E-state index in [0.717, 1.165) is 35.6 Å². The second kappa shape index (κ2) is 5.42. The number of hydrogen-bond donors (Lipinski definition) is 0. The van der Waals surface area contributed by atoms with Gasteiger partial charge in [-0.25, -0.2) is 9.97 Å². The van der Waals surface area contributed by atoms with Crippen molar-refractivity contribution in [1.82, 2.24) is 9.97 Å². The van der Waals surface area contributed by atoms with Gasteiger partial charge in [0.1, 0.15) is 16.8 Å². The third-order valence-electron chi connectivity index (χ3n) is 5.61. The van der Waals surface area contributed by atoms with Gasteiger partial charge in [0.25, 0.3) is 0 Å². The topological polar surface area (TPSA) is 29.0 Å². The molecule has 0 amide bonds. The molecular weight excluding hydrogens is 282 g/mol. The van der Waals surface area contributed by atoms with Crippen molar-refractivity contribution in [2.75, 3.05) is 18.0 Å². The van der Waals surface area contributed by atoms with Crippen LogP contribution >= 0.6 is 11.6 Å². The lowest BCUT2D eigenvalue weighted by Gasteiger charge is -2.42. The van der Waals surface area contributed by atoms with Gasteiger partial charge in [0.05, 0.1) is 0 Å². The van der Waals surface area contributed by atoms with Crippen molar-refractivity contribution < 1.29 is 0 Å². The van der Waals surface area contributed by atoms with Crippen molar-refractivity contribution in [3.05, 3.63) is 16.5 Å². The van der Waals surface area contributed by atoms with Gasteiger partial charge in [0, 0.05) is 24.6 Å². The number of nitrogens with zero attached hydrogens (tertiary/aromatic N) is 3. The molecule has 114 valence electrons. The van der Waals surface area contributed by atoms with Crippen molar-refractivity contribution in [3.63, 3.8) is 0 Å². The Labute approximate surface area is 132 Å². The van der Waals surface area contributed by atoms with Gasteiger partial charge in [0.2, 0.25) is 0 Å². The molecule has 2 saturated carbocycles. The molecule has 2 unspecified atom stereocenters. The van der Waals surface area contributed by atoms with Gasteiger partial charge in [-0.05, 0) is 44.4 Å². The van der Waals surface area contributed by atoms with E-state index in [1.165, 1.54) is 51.5 Å². The first kappa shape index (κ1) is 13.8. The molecular formula is C17H24ClN3. The lowest BCUT2D eigenvalue weighted by Crippen LogP contribution is -2.42. The van der Waals surface area contributed by atoms with Gasteiger partial charge in [-0.2, -0.15) is 0 Å². The molecule has 1 saturated heterocycles. The maximum absolute atomic E-state index is 6.37. The predicted molar refractivity (Wildman–Crippen MR) is 86.0 cm³/mol. The molecule has 0 radical (unpaired) electrons. The first-order chi connectivity index (χ1) is 10.2. The van der Waals surface area contributed by atoms with Gasteiger partial charge in [-0.3, -0.25) is 0 Å². The summed E-state index contributed by atoms with van der Waals surface area (Å²) < 4.78 is 0. The molecule has 0 spiro atoms. The summed E-state index contributed by atoms with van der Waals surface area (Å²) in [5, 5.41) is 0.660. The number of piperidine rings is 1. The SMILES string of the molecule is Cc1c(Cl)nc(C2CC2)nc1N1CCC2CCCCC2C1. The Bertz CT molecular complexity index is 541. The Kier molecular flexibility index (Phi) is 3.56. The molecule has 3 fully saturated rings. The first-order valence-corrected chi connectivity index (χ1v) is 8.89. The van der Waals surface area contributed by atoms with Crippen LogP contribution in [0.3, 0.4) is 0 Å². The molecule has 2 aliphatic carbocycles. The van der Waals surface area contributed by atoms with E-state index in [1.54, 1.807) is 0 Å². The first-order valence-electron chi connectivity index (χ1n) is 8.51. The van der Waals surface area contributed by atoms with Crippen LogP contribution in [0, 0.1) is 18.8 Å². The van der Waals surface area contributed by atoms with Crippen LogP contribution in [0.2, 0.25) is 5.15 Å². The van der Waals surface area contributed by atoms with E-state index in [4.69, 9.17) is 16.6 Å². The molecule has 0 N–H and O–H groups in total. The van der Waals surface area contributed by atoms with Crippen LogP contribution in [0.15, 0.2) is 0 Å². The molecule has 2 atom stereocenters. The fourth-order valence-electron chi connectivity index (χ4n) is 4.12. The van der Waals surface area contributed by atoms with Crippen molar-refractivity contribution in [1.29, 1.82) is 0 Å². The minimum absolute atomic E-state index is 0.564. The van der Waals surface area contributed by atoms with Crippen molar-refractivity contribution in [2.45, 2.75) is 57.8 Å². The number of aromatic nitrogens is 2. The third-order valence-corrected chi connectivity index (χ3v) is 5.98. The van der Waals surface area contributed by atoms with Gasteiger partial charge < -0.3 is 4.90 Å². The number of anilines is 1. The number of fused-ring (bicyclic) bond motifs is 1. The van der Waals surface area contributed by atoms with E-state index in [1.807, 2.05) is 0 Å². The van der Waals surface area contributed by atoms with Crippen LogP contribution in [0.25, 0.3) is 0 Å². The summed E-state index contributed by atoms with van der Waals surface area (Å²) in [7, 11) is 0. The summed E-state index contributed by atoms with van der Waals surface area (Å²) in [5.74, 6) is 4.47. The van der Waals surface area contributed by atoms with Crippen LogP contribution in [0.4, 0.5) is 5.82 Å². The molecule has 1 aliphatic heterocycles. The predicted octanol–water partition coefficient (Wildman–Crippen LogP) is 4.33. The molecule has 0 aromatic carbocycles. The van der Waals surface area contributed by atoms with E-state index in [0.29, 0.717) is 11.1 Å². The Morgan fingerprint density at radius 3 is 2.52 bits per heavy atom. The molecule has 3 nitrogen and oxygen atoms in total. The molecule has 1 aromatic rings. The maximum Gasteiger partial charge on any atom is 0.137 e. The fraction of sp³-hybridized carbons (Fsp3) is 0.765. The van der Waals surface area contributed by atoms with Gasteiger partial charge in [-0.1, -0.05) is 30.9 Å². The Balaban J connectivity index is 1.60. The van der Waals surface area contributed by atoms with E-state index < -0.39 is 0 Å². The van der Waals surface area contributed by atoms with Crippen molar-refractivity contribution in [2.24, 2.45) is 11.8 Å². The molecule has 0 bridgehead atoms. The Morgan fingerprint density at radius 1 is 1.00 bits per heavy atom. The zero-order valence-electron chi connectivity index (χ0n) is 12.8. The lowest BCUT2D eigenvalue weighted by molar-refractivity contribution is 0.202. The van der Waals surface area contributed by atoms with Crippen LogP contribution in [0.1, 0.15) is 62.3 Å². The summed E-state index contributed by atoms with van der Waals surface area (Å²) in [4.78, 5) is 11.9. The maximum atomic E-state index is 6.37. The zero-order valence-corrected chi connectivity index (χ0v) is 13.6. The molecule has 21 heavy (non-hydrogen) atoms. The zero-order chi connectivity index (χ0) is 14.4. The molecule has 4 rings (SSSR count). The summed E-state index contributed by atoms with van der Waals surface area (Å²) in [5.41, 5.74) is 1.07. The Morgan fingerprint density at radius 2 is 1.76 bits per heavy atom. The summed E-state index contributed by atoms with van der Waals surface area (Å²) in [6.45, 7) is 4.38. The average Bonchev–Trinajstić information content (AvgIpc) is 3.34. The van der Waals surface area contributed by atoms with E-state index in [-0.39, 0.29) is 0 Å².